The summed E-state index contributed by atoms with van der Waals surface area (Å²) in [7, 11) is 1.56. The van der Waals surface area contributed by atoms with Crippen molar-refractivity contribution in [2.45, 2.75) is 38.1 Å². The molecule has 12 heteroatoms. The zero-order valence-electron chi connectivity index (χ0n) is 19.7. The first-order valence-electron chi connectivity index (χ1n) is 11.5. The highest BCUT2D eigenvalue weighted by Crippen LogP contribution is 2.45. The number of amides is 1. The number of methoxy groups -OCH3 is 1. The molecule has 0 aliphatic carbocycles. The van der Waals surface area contributed by atoms with E-state index in [1.807, 2.05) is 6.92 Å². The number of likely N-dealkylation sites (tertiary alicyclic amines) is 1. The summed E-state index contributed by atoms with van der Waals surface area (Å²) >= 11 is 6.04. The molecule has 5 rings (SSSR count). The second-order valence-electron chi connectivity index (χ2n) is 9.24. The summed E-state index contributed by atoms with van der Waals surface area (Å²) in [6.07, 6.45) is -2.34. The summed E-state index contributed by atoms with van der Waals surface area (Å²) in [5, 5.41) is 7.72. The van der Waals surface area contributed by atoms with Crippen LogP contribution >= 0.6 is 11.6 Å². The number of carbonyl (C=O) groups is 1. The molecule has 1 spiro atoms. The zero-order valence-corrected chi connectivity index (χ0v) is 20.4. The Morgan fingerprint density at radius 1 is 1.25 bits per heavy atom. The molecule has 0 radical (unpaired) electrons. The second-order valence-corrected chi connectivity index (χ2v) is 9.63. The molecule has 0 bridgehead atoms. The average molecular weight is 524 g/mol. The number of halogens is 4. The molecule has 1 N–H and O–H groups in total. The van der Waals surface area contributed by atoms with E-state index in [-0.39, 0.29) is 36.6 Å². The number of rotatable bonds is 6. The van der Waals surface area contributed by atoms with E-state index in [0.717, 1.165) is 4.90 Å². The summed E-state index contributed by atoms with van der Waals surface area (Å²) in [6, 6.07) is 5.47. The summed E-state index contributed by atoms with van der Waals surface area (Å²) in [5.74, 6) is -0.486. The predicted molar refractivity (Wildman–Crippen MR) is 126 cm³/mol. The molecule has 1 aromatic carbocycles. The number of nitrogens with zero attached hydrogens (tertiary/aromatic N) is 4. The van der Waals surface area contributed by atoms with Gasteiger partial charge in [-0.15, -0.1) is 0 Å². The number of anilines is 2. The van der Waals surface area contributed by atoms with Gasteiger partial charge in [-0.25, -0.2) is 9.50 Å². The van der Waals surface area contributed by atoms with Gasteiger partial charge in [0.05, 0.1) is 42.3 Å². The number of aromatic nitrogens is 3. The third-order valence-electron chi connectivity index (χ3n) is 6.88. The fraction of sp³-hybridized carbons (Fsp3) is 0.458. The van der Waals surface area contributed by atoms with Crippen molar-refractivity contribution in [3.63, 3.8) is 0 Å². The Kier molecular flexibility index (Phi) is 6.34. The van der Waals surface area contributed by atoms with E-state index in [1.54, 1.807) is 36.0 Å². The Balaban J connectivity index is 1.44. The van der Waals surface area contributed by atoms with Gasteiger partial charge < -0.3 is 19.7 Å². The van der Waals surface area contributed by atoms with Gasteiger partial charge in [0, 0.05) is 25.4 Å². The number of hydrogen-bond acceptors (Lipinski definition) is 6. The highest BCUT2D eigenvalue weighted by molar-refractivity contribution is 6.29. The van der Waals surface area contributed by atoms with E-state index in [1.165, 1.54) is 12.1 Å². The quantitative estimate of drug-likeness (QED) is 0.485. The number of ether oxygens (including phenoxy) is 2. The van der Waals surface area contributed by atoms with Crippen LogP contribution in [0.5, 0.6) is 0 Å². The molecule has 192 valence electrons. The molecule has 2 fully saturated rings. The van der Waals surface area contributed by atoms with Crippen molar-refractivity contribution in [2.24, 2.45) is 5.41 Å². The van der Waals surface area contributed by atoms with Gasteiger partial charge in [0.2, 0.25) is 5.91 Å². The van der Waals surface area contributed by atoms with Gasteiger partial charge in [-0.05, 0) is 37.5 Å². The first-order chi connectivity index (χ1) is 17.1. The highest BCUT2D eigenvalue weighted by atomic mass is 35.5. The maximum absolute atomic E-state index is 14.2. The zero-order chi connectivity index (χ0) is 25.7. The average Bonchev–Trinajstić information content (AvgIpc) is 3.19. The smallest absolute Gasteiger partial charge is 0.379 e. The molecule has 2 aromatic heterocycles. The third kappa shape index (κ3) is 4.29. The Morgan fingerprint density at radius 3 is 2.58 bits per heavy atom. The third-order valence-corrected chi connectivity index (χ3v) is 7.07. The molecule has 2 aliphatic rings. The lowest BCUT2D eigenvalue weighted by Crippen LogP contribution is -2.60. The number of piperidine rings is 1. The number of fused-ring (bicyclic) bond motifs is 1. The molecule has 3 aromatic rings. The Morgan fingerprint density at radius 2 is 1.97 bits per heavy atom. The van der Waals surface area contributed by atoms with E-state index in [9.17, 15) is 18.0 Å². The fourth-order valence-corrected chi connectivity index (χ4v) is 5.11. The van der Waals surface area contributed by atoms with Crippen LogP contribution in [0.2, 0.25) is 5.15 Å². The van der Waals surface area contributed by atoms with Crippen molar-refractivity contribution in [3.05, 3.63) is 52.9 Å². The van der Waals surface area contributed by atoms with Gasteiger partial charge in [-0.2, -0.15) is 18.3 Å². The van der Waals surface area contributed by atoms with Crippen LogP contribution in [-0.4, -0.2) is 58.4 Å². The lowest BCUT2D eigenvalue weighted by Gasteiger charge is -2.49. The number of benzene rings is 1. The molecule has 8 nitrogen and oxygen atoms in total. The molecule has 0 saturated carbocycles. The standard InChI is InChI=1S/C24H25ClF3N5O3/c1-14(35-2)20-17(11-29-19-10-18(25)31-33(19)20)30-16-6-4-15(5-7-16)21(24(26,27)28)32-9-3-8-23(22(32)34)12-36-13-23/h4-7,10-11,14,21,30H,3,8-9,12-13H2,1-2H3/t14-,21-/m0/s1. The lowest BCUT2D eigenvalue weighted by atomic mass is 9.76. The van der Waals surface area contributed by atoms with Crippen molar-refractivity contribution >= 4 is 34.5 Å². The van der Waals surface area contributed by atoms with E-state index in [0.29, 0.717) is 35.6 Å². The molecule has 1 amide bonds. The molecule has 2 atom stereocenters. The minimum Gasteiger partial charge on any atom is -0.379 e. The van der Waals surface area contributed by atoms with Gasteiger partial charge in [0.1, 0.15) is 0 Å². The fourth-order valence-electron chi connectivity index (χ4n) is 4.94. The molecular weight excluding hydrogens is 499 g/mol. The maximum Gasteiger partial charge on any atom is 0.413 e. The van der Waals surface area contributed by atoms with Crippen molar-refractivity contribution in [1.29, 1.82) is 0 Å². The van der Waals surface area contributed by atoms with Crippen LogP contribution in [0.4, 0.5) is 24.5 Å². The molecule has 2 aliphatic heterocycles. The van der Waals surface area contributed by atoms with Crippen LogP contribution < -0.4 is 5.32 Å². The Hall–Kier alpha value is -2.89. The van der Waals surface area contributed by atoms with Crippen LogP contribution in [0.3, 0.4) is 0 Å². The molecule has 36 heavy (non-hydrogen) atoms. The van der Waals surface area contributed by atoms with E-state index in [4.69, 9.17) is 21.1 Å². The largest absolute Gasteiger partial charge is 0.413 e. The molecule has 0 unspecified atom stereocenters. The summed E-state index contributed by atoms with van der Waals surface area (Å²) in [6.45, 7) is 2.25. The van der Waals surface area contributed by atoms with Gasteiger partial charge >= 0.3 is 6.18 Å². The highest BCUT2D eigenvalue weighted by Gasteiger charge is 2.55. The molecule has 2 saturated heterocycles. The molecule has 4 heterocycles. The van der Waals surface area contributed by atoms with Gasteiger partial charge in [-0.1, -0.05) is 23.7 Å². The van der Waals surface area contributed by atoms with Crippen LogP contribution in [0, 0.1) is 5.41 Å². The van der Waals surface area contributed by atoms with Crippen molar-refractivity contribution < 1.29 is 27.4 Å². The Labute approximate surface area is 210 Å². The number of alkyl halides is 3. The van der Waals surface area contributed by atoms with E-state index >= 15 is 0 Å². The SMILES string of the molecule is CO[C@@H](C)c1c(Nc2ccc([C@H](N3CCCC4(COC4)C3=O)C(F)(F)F)cc2)cnc2cc(Cl)nn12. The normalized spacial score (nSPS) is 19.4. The summed E-state index contributed by atoms with van der Waals surface area (Å²) in [5.41, 5.74) is 1.47. The number of hydrogen-bond donors (Lipinski definition) is 1. The van der Waals surface area contributed by atoms with E-state index in [2.05, 4.69) is 15.4 Å². The minimum absolute atomic E-state index is 0.00314. The second kappa shape index (κ2) is 9.20. The topological polar surface area (TPSA) is 81.0 Å². The lowest BCUT2D eigenvalue weighted by molar-refractivity contribution is -0.215. The van der Waals surface area contributed by atoms with E-state index < -0.39 is 23.5 Å². The van der Waals surface area contributed by atoms with Crippen LogP contribution in [-0.2, 0) is 14.3 Å². The Bertz CT molecular complexity index is 1280. The summed E-state index contributed by atoms with van der Waals surface area (Å²) < 4.78 is 54.9. The van der Waals surface area contributed by atoms with Crippen molar-refractivity contribution in [2.75, 3.05) is 32.2 Å². The monoisotopic (exact) mass is 523 g/mol. The van der Waals surface area contributed by atoms with Crippen LogP contribution in [0.1, 0.15) is 43.2 Å². The number of carbonyl (C=O) groups excluding carboxylic acids is 1. The first-order valence-corrected chi connectivity index (χ1v) is 11.9. The number of nitrogens with one attached hydrogen (secondary N) is 1. The summed E-state index contributed by atoms with van der Waals surface area (Å²) in [4.78, 5) is 18.3. The first kappa shape index (κ1) is 24.8. The van der Waals surface area contributed by atoms with Gasteiger partial charge in [-0.3, -0.25) is 4.79 Å². The van der Waals surface area contributed by atoms with Gasteiger partial charge in [0.25, 0.3) is 0 Å². The maximum atomic E-state index is 14.2. The predicted octanol–water partition coefficient (Wildman–Crippen LogP) is 5.08. The minimum atomic E-state index is -4.62. The molecular formula is C24H25ClF3N5O3. The van der Waals surface area contributed by atoms with Gasteiger partial charge in [0.15, 0.2) is 16.8 Å². The van der Waals surface area contributed by atoms with Crippen molar-refractivity contribution in [3.8, 4) is 0 Å². The van der Waals surface area contributed by atoms with Crippen molar-refractivity contribution in [1.82, 2.24) is 19.5 Å². The van der Waals surface area contributed by atoms with Crippen LogP contribution in [0.25, 0.3) is 5.65 Å². The van der Waals surface area contributed by atoms with Crippen LogP contribution in [0.15, 0.2) is 36.5 Å².